The molecule has 2 N–H and O–H groups in total. The highest BCUT2D eigenvalue weighted by Gasteiger charge is 2.14. The van der Waals surface area contributed by atoms with Crippen molar-refractivity contribution in [3.8, 4) is 0 Å². The van der Waals surface area contributed by atoms with Crippen LogP contribution in [-0.2, 0) is 6.54 Å². The van der Waals surface area contributed by atoms with Crippen LogP contribution in [0, 0.1) is 0 Å². The van der Waals surface area contributed by atoms with Crippen molar-refractivity contribution < 1.29 is 0 Å². The second kappa shape index (κ2) is 5.69. The van der Waals surface area contributed by atoms with Gasteiger partial charge in [0, 0.05) is 31.7 Å². The molecule has 2 aromatic heterocycles. The Morgan fingerprint density at radius 3 is 2.78 bits per heavy atom. The highest BCUT2D eigenvalue weighted by atomic mass is 32.1. The Morgan fingerprint density at radius 1 is 1.33 bits per heavy atom. The first-order valence-electron chi connectivity index (χ1n) is 6.14. The molecule has 0 spiro atoms. The number of hydrogen-bond acceptors (Lipinski definition) is 5. The summed E-state index contributed by atoms with van der Waals surface area (Å²) in [5, 5.41) is 2.04. The van der Waals surface area contributed by atoms with Gasteiger partial charge in [-0.05, 0) is 27.1 Å². The summed E-state index contributed by atoms with van der Waals surface area (Å²) in [6.07, 6.45) is 3.16. The van der Waals surface area contributed by atoms with Gasteiger partial charge in [-0.2, -0.15) is 0 Å². The minimum atomic E-state index is 0.519. The van der Waals surface area contributed by atoms with E-state index in [0.29, 0.717) is 6.54 Å². The van der Waals surface area contributed by atoms with Gasteiger partial charge in [0.1, 0.15) is 0 Å². The number of nitrogens with two attached hydrogens (primary N) is 1. The lowest BCUT2D eigenvalue weighted by Gasteiger charge is -2.19. The Bertz CT molecular complexity index is 502. The zero-order chi connectivity index (χ0) is 13.1. The van der Waals surface area contributed by atoms with Crippen molar-refractivity contribution in [1.82, 2.24) is 14.3 Å². The van der Waals surface area contributed by atoms with Crippen molar-refractivity contribution in [1.29, 1.82) is 0 Å². The van der Waals surface area contributed by atoms with E-state index in [1.807, 2.05) is 11.6 Å². The SMILES string of the molecule is CN(C)CCCN(C)c1nc2sccn2c1CN. The third kappa shape index (κ3) is 2.66. The summed E-state index contributed by atoms with van der Waals surface area (Å²) in [4.78, 5) is 10.1. The number of fused-ring (bicyclic) bond motifs is 1. The first kappa shape index (κ1) is 13.3. The summed E-state index contributed by atoms with van der Waals surface area (Å²) < 4.78 is 2.09. The maximum Gasteiger partial charge on any atom is 0.195 e. The van der Waals surface area contributed by atoms with Crippen molar-refractivity contribution in [3.63, 3.8) is 0 Å². The number of rotatable bonds is 6. The molecule has 0 radical (unpaired) electrons. The van der Waals surface area contributed by atoms with Crippen LogP contribution in [0.15, 0.2) is 11.6 Å². The van der Waals surface area contributed by atoms with E-state index in [9.17, 15) is 0 Å². The molecule has 2 aromatic rings. The fraction of sp³-hybridized carbons (Fsp3) is 0.583. The summed E-state index contributed by atoms with van der Waals surface area (Å²) in [6, 6.07) is 0. The van der Waals surface area contributed by atoms with Gasteiger partial charge in [0.15, 0.2) is 10.8 Å². The Kier molecular flexibility index (Phi) is 4.21. The predicted molar refractivity (Wildman–Crippen MR) is 77.4 cm³/mol. The lowest BCUT2D eigenvalue weighted by Crippen LogP contribution is -2.24. The molecule has 0 aliphatic carbocycles. The van der Waals surface area contributed by atoms with Crippen molar-refractivity contribution in [2.24, 2.45) is 5.73 Å². The number of aromatic nitrogens is 2. The van der Waals surface area contributed by atoms with Gasteiger partial charge in [-0.1, -0.05) is 0 Å². The molecule has 0 amide bonds. The molecule has 0 fully saturated rings. The molecule has 2 rings (SSSR count). The molecule has 0 unspecified atom stereocenters. The van der Waals surface area contributed by atoms with Crippen LogP contribution in [-0.4, -0.2) is 48.5 Å². The molecule has 6 heteroatoms. The van der Waals surface area contributed by atoms with Gasteiger partial charge in [-0.25, -0.2) is 4.98 Å². The second-order valence-corrected chi connectivity index (χ2v) is 5.59. The molecule has 2 heterocycles. The standard InChI is InChI=1S/C12H21N5S/c1-15(2)5-4-6-16(3)11-10(9-13)17-7-8-18-12(17)14-11/h7-8H,4-6,9,13H2,1-3H3. The third-order valence-electron chi connectivity index (χ3n) is 2.99. The lowest BCUT2D eigenvalue weighted by molar-refractivity contribution is 0.401. The lowest BCUT2D eigenvalue weighted by atomic mass is 10.3. The Labute approximate surface area is 112 Å². The smallest absolute Gasteiger partial charge is 0.195 e. The fourth-order valence-electron chi connectivity index (χ4n) is 2.05. The maximum absolute atomic E-state index is 5.84. The summed E-state index contributed by atoms with van der Waals surface area (Å²) in [6.45, 7) is 2.60. The average molecular weight is 267 g/mol. The fourth-order valence-corrected chi connectivity index (χ4v) is 2.77. The van der Waals surface area contributed by atoms with Crippen LogP contribution >= 0.6 is 11.3 Å². The number of hydrogen-bond donors (Lipinski definition) is 1. The van der Waals surface area contributed by atoms with Crippen LogP contribution in [0.2, 0.25) is 0 Å². The van der Waals surface area contributed by atoms with E-state index in [1.165, 1.54) is 0 Å². The third-order valence-corrected chi connectivity index (χ3v) is 3.75. The minimum Gasteiger partial charge on any atom is -0.358 e. The number of thiazole rings is 1. The molecule has 0 aromatic carbocycles. The van der Waals surface area contributed by atoms with E-state index in [2.05, 4.69) is 40.3 Å². The molecule has 0 saturated heterocycles. The molecule has 5 nitrogen and oxygen atoms in total. The monoisotopic (exact) mass is 267 g/mol. The van der Waals surface area contributed by atoms with Crippen LogP contribution in [0.4, 0.5) is 5.82 Å². The molecule has 0 aliphatic heterocycles. The second-order valence-electron chi connectivity index (χ2n) is 4.72. The quantitative estimate of drug-likeness (QED) is 0.855. The largest absolute Gasteiger partial charge is 0.358 e. The zero-order valence-electron chi connectivity index (χ0n) is 11.3. The van der Waals surface area contributed by atoms with Gasteiger partial charge in [0.25, 0.3) is 0 Å². The van der Waals surface area contributed by atoms with Gasteiger partial charge in [0.05, 0.1) is 5.69 Å². The number of imidazole rings is 1. The van der Waals surface area contributed by atoms with Crippen LogP contribution in [0.3, 0.4) is 0 Å². The molecule has 0 bridgehead atoms. The van der Waals surface area contributed by atoms with Crippen LogP contribution in [0.5, 0.6) is 0 Å². The van der Waals surface area contributed by atoms with Crippen LogP contribution < -0.4 is 10.6 Å². The van der Waals surface area contributed by atoms with Gasteiger partial charge >= 0.3 is 0 Å². The van der Waals surface area contributed by atoms with Crippen molar-refractivity contribution in [2.45, 2.75) is 13.0 Å². The predicted octanol–water partition coefficient (Wildman–Crippen LogP) is 1.24. The summed E-state index contributed by atoms with van der Waals surface area (Å²) in [7, 11) is 6.27. The Morgan fingerprint density at radius 2 is 2.11 bits per heavy atom. The average Bonchev–Trinajstić information content (AvgIpc) is 2.87. The molecule has 100 valence electrons. The van der Waals surface area contributed by atoms with E-state index in [1.54, 1.807) is 11.3 Å². The Hall–Kier alpha value is -1.11. The minimum absolute atomic E-state index is 0.519. The molecular weight excluding hydrogens is 246 g/mol. The van der Waals surface area contributed by atoms with Crippen molar-refractivity contribution >= 4 is 22.1 Å². The summed E-state index contributed by atoms with van der Waals surface area (Å²) in [5.74, 6) is 1.02. The molecule has 18 heavy (non-hydrogen) atoms. The molecule has 0 saturated carbocycles. The zero-order valence-corrected chi connectivity index (χ0v) is 12.1. The van der Waals surface area contributed by atoms with Gasteiger partial charge in [-0.15, -0.1) is 11.3 Å². The van der Waals surface area contributed by atoms with Gasteiger partial charge in [0.2, 0.25) is 0 Å². The first-order chi connectivity index (χ1) is 8.63. The number of nitrogens with zero attached hydrogens (tertiary/aromatic N) is 4. The van der Waals surface area contributed by atoms with E-state index in [4.69, 9.17) is 5.73 Å². The normalized spacial score (nSPS) is 11.6. The van der Waals surface area contributed by atoms with Crippen molar-refractivity contribution in [3.05, 3.63) is 17.3 Å². The Balaban J connectivity index is 2.11. The van der Waals surface area contributed by atoms with E-state index < -0.39 is 0 Å². The van der Waals surface area contributed by atoms with Gasteiger partial charge in [-0.3, -0.25) is 4.40 Å². The molecule has 0 atom stereocenters. The maximum atomic E-state index is 5.84. The summed E-state index contributed by atoms with van der Waals surface area (Å²) in [5.41, 5.74) is 6.94. The highest BCUT2D eigenvalue weighted by Crippen LogP contribution is 2.23. The van der Waals surface area contributed by atoms with Gasteiger partial charge < -0.3 is 15.5 Å². The molecule has 0 aliphatic rings. The van der Waals surface area contributed by atoms with E-state index in [-0.39, 0.29) is 0 Å². The summed E-state index contributed by atoms with van der Waals surface area (Å²) >= 11 is 1.65. The van der Waals surface area contributed by atoms with Crippen LogP contribution in [0.25, 0.3) is 4.96 Å². The topological polar surface area (TPSA) is 49.8 Å². The van der Waals surface area contributed by atoms with Crippen LogP contribution in [0.1, 0.15) is 12.1 Å². The van der Waals surface area contributed by atoms with E-state index in [0.717, 1.165) is 36.0 Å². The number of anilines is 1. The van der Waals surface area contributed by atoms with E-state index >= 15 is 0 Å². The first-order valence-corrected chi connectivity index (χ1v) is 7.01. The highest BCUT2D eigenvalue weighted by molar-refractivity contribution is 7.15. The van der Waals surface area contributed by atoms with Crippen molar-refractivity contribution in [2.75, 3.05) is 39.1 Å². The molecular formula is C12H21N5S.